The second-order valence-electron chi connectivity index (χ2n) is 16.4. The second kappa shape index (κ2) is 17.4. The largest absolute Gasteiger partial charge is 0.481 e. The highest BCUT2D eigenvalue weighted by atomic mass is 16.8. The van der Waals surface area contributed by atoms with Crippen molar-refractivity contribution in [3.05, 3.63) is 70.3 Å². The van der Waals surface area contributed by atoms with Crippen LogP contribution < -0.4 is 5.32 Å². The molecule has 56 heavy (non-hydrogen) atoms. The number of amides is 2. The van der Waals surface area contributed by atoms with E-state index in [1.165, 1.54) is 32.6 Å². The molecular weight excluding hydrogens is 722 g/mol. The number of fused-ring (bicyclic) bond motifs is 2. The quantitative estimate of drug-likeness (QED) is 0.199. The average Bonchev–Trinajstić information content (AvgIpc) is 3.48. The Morgan fingerprint density at radius 2 is 1.54 bits per heavy atom. The summed E-state index contributed by atoms with van der Waals surface area (Å²) in [5, 5.41) is 24.4. The molecule has 0 saturated carbocycles. The van der Waals surface area contributed by atoms with Gasteiger partial charge in [0.15, 0.2) is 11.7 Å². The average molecular weight is 782 g/mol. The minimum atomic E-state index is -1.83. The van der Waals surface area contributed by atoms with Gasteiger partial charge in [0.1, 0.15) is 11.6 Å². The van der Waals surface area contributed by atoms with Crippen molar-refractivity contribution in [2.45, 2.75) is 115 Å². The Labute approximate surface area is 329 Å². The van der Waals surface area contributed by atoms with E-state index in [0.29, 0.717) is 44.3 Å². The van der Waals surface area contributed by atoms with E-state index in [9.17, 15) is 34.2 Å². The second-order valence-corrected chi connectivity index (χ2v) is 16.4. The molecule has 2 bridgehead atoms. The van der Waals surface area contributed by atoms with Gasteiger partial charge in [0.25, 0.3) is 0 Å². The van der Waals surface area contributed by atoms with Gasteiger partial charge in [0, 0.05) is 46.0 Å². The van der Waals surface area contributed by atoms with E-state index in [-0.39, 0.29) is 18.4 Å². The van der Waals surface area contributed by atoms with Crippen LogP contribution in [-0.2, 0) is 61.5 Å². The van der Waals surface area contributed by atoms with E-state index in [0.717, 1.165) is 22.3 Å². The van der Waals surface area contributed by atoms with Gasteiger partial charge in [-0.1, -0.05) is 36.4 Å². The van der Waals surface area contributed by atoms with Crippen LogP contribution in [0.15, 0.2) is 42.5 Å². The van der Waals surface area contributed by atoms with Gasteiger partial charge in [-0.05, 0) is 96.3 Å². The van der Waals surface area contributed by atoms with Gasteiger partial charge in [-0.15, -0.1) is 0 Å². The summed E-state index contributed by atoms with van der Waals surface area (Å²) in [6.07, 6.45) is -1.15. The first kappa shape index (κ1) is 44.3. The predicted octanol–water partition coefficient (Wildman–Crippen LogP) is 3.50. The van der Waals surface area contributed by atoms with Crippen LogP contribution in [0.1, 0.15) is 88.6 Å². The Kier molecular flexibility index (Phi) is 13.8. The highest BCUT2D eigenvalue weighted by molar-refractivity contribution is 5.90. The lowest BCUT2D eigenvalue weighted by Gasteiger charge is -2.53. The summed E-state index contributed by atoms with van der Waals surface area (Å²) < 4.78 is 24.6. The Hall–Kier alpha value is -4.37. The minimum Gasteiger partial charge on any atom is -0.481 e. The molecule has 308 valence electrons. The van der Waals surface area contributed by atoms with Crippen LogP contribution in [0.4, 0.5) is 0 Å². The summed E-state index contributed by atoms with van der Waals surface area (Å²) in [6.45, 7) is 11.7. The van der Waals surface area contributed by atoms with Crippen LogP contribution in [0.5, 0.6) is 0 Å². The standard InChI is InChI=1S/C42H59N3O11/c1-26-14-19-32(42-37(55-28(3)47)33(24-35(49)50)36(54-27(2)46)41(56-42,25-53-42)40(6,7)52)23-31(26)22-30-17-15-29(16-18-30)12-11-13-34(48)45(10)39(4,5)38(51)43-20-21-44(8)9/h14-19,23,33,36-37,52H,11-13,20-22,24-25H2,1-10H3,(H,43,51)(H,49,50)/t33-,36-,37+,41-,42-/m0/s1. The van der Waals surface area contributed by atoms with E-state index in [2.05, 4.69) is 5.32 Å². The number of aliphatic carboxylic acids is 1. The van der Waals surface area contributed by atoms with Gasteiger partial charge in [-0.2, -0.15) is 0 Å². The molecular formula is C42H59N3O11. The number of aliphatic hydroxyl groups is 1. The third-order valence-electron chi connectivity index (χ3n) is 11.1. The molecule has 0 spiro atoms. The van der Waals surface area contributed by atoms with Crippen molar-refractivity contribution in [2.75, 3.05) is 40.8 Å². The van der Waals surface area contributed by atoms with Gasteiger partial charge in [-0.25, -0.2) is 0 Å². The summed E-state index contributed by atoms with van der Waals surface area (Å²) in [5.74, 6) is -5.93. The third-order valence-corrected chi connectivity index (χ3v) is 11.1. The van der Waals surface area contributed by atoms with Crippen LogP contribution in [0.2, 0.25) is 0 Å². The first-order valence-electron chi connectivity index (χ1n) is 19.0. The Morgan fingerprint density at radius 1 is 0.929 bits per heavy atom. The normalized spacial score (nSPS) is 23.4. The SMILES string of the molecule is CC(=O)O[C@@H]1[C@@H](CC(=O)O)[C@H](OC(C)=O)[C@]2(C(C)(C)O)CO[C@@]1(c1ccc(C)c(Cc3ccc(CCCC(=O)N(C)C(C)(C)C(=O)NCCN(C)C)cc3)c1)O2. The van der Waals surface area contributed by atoms with E-state index < -0.39 is 65.0 Å². The molecule has 0 radical (unpaired) electrons. The topological polar surface area (TPSA) is 181 Å². The number of carbonyl (C=O) groups is 5. The molecule has 0 unspecified atom stereocenters. The van der Waals surface area contributed by atoms with Gasteiger partial charge >= 0.3 is 17.9 Å². The van der Waals surface area contributed by atoms with Crippen molar-refractivity contribution in [3.63, 3.8) is 0 Å². The lowest BCUT2D eigenvalue weighted by Crippen LogP contribution is -2.70. The van der Waals surface area contributed by atoms with Crippen LogP contribution in [0.25, 0.3) is 0 Å². The van der Waals surface area contributed by atoms with Crippen molar-refractivity contribution in [3.8, 4) is 0 Å². The first-order valence-corrected chi connectivity index (χ1v) is 19.0. The van der Waals surface area contributed by atoms with Crippen LogP contribution >= 0.6 is 0 Å². The predicted molar refractivity (Wildman–Crippen MR) is 206 cm³/mol. The molecule has 14 nitrogen and oxygen atoms in total. The monoisotopic (exact) mass is 781 g/mol. The molecule has 2 aromatic carbocycles. The zero-order valence-electron chi connectivity index (χ0n) is 34.4. The molecule has 2 aliphatic rings. The van der Waals surface area contributed by atoms with Crippen molar-refractivity contribution in [1.29, 1.82) is 0 Å². The zero-order valence-corrected chi connectivity index (χ0v) is 34.4. The fraction of sp³-hybridized carbons (Fsp3) is 0.595. The highest BCUT2D eigenvalue weighted by Gasteiger charge is 2.74. The molecule has 2 amide bonds. The summed E-state index contributed by atoms with van der Waals surface area (Å²) in [6, 6.07) is 13.6. The molecule has 5 atom stereocenters. The number of hydrogen-bond donors (Lipinski definition) is 3. The fourth-order valence-corrected chi connectivity index (χ4v) is 7.49. The number of nitrogens with zero attached hydrogens (tertiary/aromatic N) is 2. The van der Waals surface area contributed by atoms with Crippen LogP contribution in [0, 0.1) is 12.8 Å². The number of rotatable bonds is 17. The van der Waals surface area contributed by atoms with Gasteiger partial charge in [-0.3, -0.25) is 24.0 Å². The van der Waals surface area contributed by atoms with Crippen LogP contribution in [0.3, 0.4) is 0 Å². The number of hydrogen-bond acceptors (Lipinski definition) is 11. The highest BCUT2D eigenvalue weighted by Crippen LogP contribution is 2.57. The van der Waals surface area contributed by atoms with E-state index >= 15 is 0 Å². The maximum atomic E-state index is 13.0. The van der Waals surface area contributed by atoms with E-state index in [1.54, 1.807) is 27.0 Å². The number of aryl methyl sites for hydroxylation is 2. The molecule has 2 aliphatic heterocycles. The molecule has 2 aromatic rings. The number of esters is 2. The van der Waals surface area contributed by atoms with Gasteiger partial charge in [0.2, 0.25) is 17.6 Å². The van der Waals surface area contributed by atoms with Crippen molar-refractivity contribution < 1.29 is 53.1 Å². The number of nitrogens with one attached hydrogen (secondary N) is 1. The number of carboxylic acids is 1. The number of ether oxygens (including phenoxy) is 4. The first-order chi connectivity index (χ1) is 26.0. The van der Waals surface area contributed by atoms with Crippen molar-refractivity contribution in [1.82, 2.24) is 15.1 Å². The minimum absolute atomic E-state index is 0.107. The molecule has 0 aliphatic carbocycles. The number of carboxylic acid groups (broad SMARTS) is 1. The maximum Gasteiger partial charge on any atom is 0.303 e. The molecule has 2 saturated heterocycles. The molecule has 3 N–H and O–H groups in total. The van der Waals surface area contributed by atoms with E-state index in [1.807, 2.05) is 62.3 Å². The maximum absolute atomic E-state index is 13.0. The van der Waals surface area contributed by atoms with Crippen LogP contribution in [-0.4, -0.2) is 120 Å². The molecule has 4 rings (SSSR count). The number of benzene rings is 2. The summed E-state index contributed by atoms with van der Waals surface area (Å²) in [7, 11) is 5.52. The number of likely N-dealkylation sites (N-methyl/N-ethyl adjacent to an activating group) is 2. The third kappa shape index (κ3) is 9.59. The molecule has 2 fully saturated rings. The van der Waals surface area contributed by atoms with E-state index in [4.69, 9.17) is 18.9 Å². The van der Waals surface area contributed by atoms with Crippen molar-refractivity contribution >= 4 is 29.7 Å². The summed E-state index contributed by atoms with van der Waals surface area (Å²) in [5.41, 5.74) is -0.00920. The lowest BCUT2D eigenvalue weighted by atomic mass is 9.70. The molecule has 14 heteroatoms. The fourth-order valence-electron chi connectivity index (χ4n) is 7.49. The Bertz CT molecular complexity index is 1770. The molecule has 2 heterocycles. The molecule has 0 aromatic heterocycles. The van der Waals surface area contributed by atoms with Gasteiger partial charge in [0.05, 0.1) is 24.5 Å². The van der Waals surface area contributed by atoms with Crippen molar-refractivity contribution in [2.24, 2.45) is 5.92 Å². The lowest BCUT2D eigenvalue weighted by molar-refractivity contribution is -0.341. The Morgan fingerprint density at radius 3 is 2.11 bits per heavy atom. The smallest absolute Gasteiger partial charge is 0.303 e. The zero-order chi connectivity index (χ0) is 41.8. The Balaban J connectivity index is 1.53. The van der Waals surface area contributed by atoms with Gasteiger partial charge < -0.3 is 44.3 Å². The number of carbonyl (C=O) groups excluding carboxylic acids is 4. The summed E-state index contributed by atoms with van der Waals surface area (Å²) in [4.78, 5) is 66.5. The summed E-state index contributed by atoms with van der Waals surface area (Å²) >= 11 is 0.